The van der Waals surface area contributed by atoms with Crippen molar-refractivity contribution in [3.05, 3.63) is 36.5 Å². The molecule has 484 valence electrons. The fourth-order valence-electron chi connectivity index (χ4n) is 11.7. The molecule has 0 spiro atoms. The van der Waals surface area contributed by atoms with Gasteiger partial charge in [0.1, 0.15) is 0 Å². The maximum atomic E-state index is 12.5. The summed E-state index contributed by atoms with van der Waals surface area (Å²) in [6.45, 7) is 4.98. The molecule has 82 heavy (non-hydrogen) atoms. The van der Waals surface area contributed by atoms with Gasteiger partial charge in [-0.25, -0.2) is 0 Å². The monoisotopic (exact) mass is 1150 g/mol. The van der Waals surface area contributed by atoms with Crippen molar-refractivity contribution in [1.82, 2.24) is 5.32 Å². The molecule has 0 fully saturated rings. The topological polar surface area (TPSA) is 95.9 Å². The molecule has 6 heteroatoms. The average Bonchev–Trinajstić information content (AvgIpc) is 3.48. The van der Waals surface area contributed by atoms with Crippen molar-refractivity contribution in [3.63, 3.8) is 0 Å². The highest BCUT2D eigenvalue weighted by Crippen LogP contribution is 2.19. The van der Waals surface area contributed by atoms with Crippen LogP contribution in [-0.2, 0) is 14.3 Å². The van der Waals surface area contributed by atoms with Gasteiger partial charge >= 0.3 is 5.97 Å². The van der Waals surface area contributed by atoms with Crippen LogP contribution in [0.1, 0.15) is 412 Å². The quantitative estimate of drug-likeness (QED) is 0.0320. The smallest absolute Gasteiger partial charge is 0.305 e. The van der Waals surface area contributed by atoms with Gasteiger partial charge in [0.25, 0.3) is 0 Å². The fourth-order valence-corrected chi connectivity index (χ4v) is 11.7. The summed E-state index contributed by atoms with van der Waals surface area (Å²) in [5.41, 5.74) is 0. The number of esters is 1. The Morgan fingerprint density at radius 2 is 0.610 bits per heavy atom. The number of aliphatic hydroxyl groups excluding tert-OH is 2. The third kappa shape index (κ3) is 67.2. The zero-order valence-electron chi connectivity index (χ0n) is 55.5. The van der Waals surface area contributed by atoms with Crippen LogP contribution < -0.4 is 5.32 Å². The summed E-state index contributed by atoms with van der Waals surface area (Å²) in [6.07, 6.45) is 92.2. The van der Waals surface area contributed by atoms with E-state index in [0.29, 0.717) is 25.9 Å². The summed E-state index contributed by atoms with van der Waals surface area (Å²) >= 11 is 0. The lowest BCUT2D eigenvalue weighted by molar-refractivity contribution is -0.143. The third-order valence-electron chi connectivity index (χ3n) is 17.4. The van der Waals surface area contributed by atoms with Crippen molar-refractivity contribution in [2.75, 3.05) is 13.2 Å². The van der Waals surface area contributed by atoms with Crippen LogP contribution in [-0.4, -0.2) is 47.4 Å². The van der Waals surface area contributed by atoms with Gasteiger partial charge < -0.3 is 20.3 Å². The molecular formula is C76H145NO5. The summed E-state index contributed by atoms with van der Waals surface area (Å²) in [7, 11) is 0. The summed E-state index contributed by atoms with van der Waals surface area (Å²) in [6, 6.07) is -0.539. The Bertz CT molecular complexity index is 1330. The van der Waals surface area contributed by atoms with Crippen LogP contribution >= 0.6 is 0 Å². The van der Waals surface area contributed by atoms with Crippen molar-refractivity contribution in [3.8, 4) is 0 Å². The van der Waals surface area contributed by atoms with Gasteiger partial charge in [0.2, 0.25) is 5.91 Å². The Kier molecular flexibility index (Phi) is 69.9. The highest BCUT2D eigenvalue weighted by molar-refractivity contribution is 5.76. The number of amides is 1. The normalized spacial score (nSPS) is 12.7. The molecule has 0 aromatic rings. The Labute approximate surface area is 513 Å². The summed E-state index contributed by atoms with van der Waals surface area (Å²) in [5, 5.41) is 23.3. The summed E-state index contributed by atoms with van der Waals surface area (Å²) < 4.78 is 5.50. The minimum Gasteiger partial charge on any atom is -0.466 e. The third-order valence-corrected chi connectivity index (χ3v) is 17.4. The second-order valence-corrected chi connectivity index (χ2v) is 25.6. The molecule has 0 rings (SSSR count). The van der Waals surface area contributed by atoms with Gasteiger partial charge in [-0.15, -0.1) is 0 Å². The van der Waals surface area contributed by atoms with Crippen LogP contribution in [0.4, 0.5) is 0 Å². The first-order chi connectivity index (χ1) is 40.5. The molecule has 0 saturated carbocycles. The average molecular weight is 1150 g/mol. The molecule has 2 atom stereocenters. The van der Waals surface area contributed by atoms with E-state index in [1.165, 1.54) is 327 Å². The lowest BCUT2D eigenvalue weighted by Crippen LogP contribution is -2.45. The Morgan fingerprint density at radius 3 is 0.939 bits per heavy atom. The maximum absolute atomic E-state index is 12.5. The second kappa shape index (κ2) is 71.6. The molecular weight excluding hydrogens is 1010 g/mol. The van der Waals surface area contributed by atoms with Gasteiger partial charge in [0.05, 0.1) is 25.4 Å². The van der Waals surface area contributed by atoms with E-state index in [2.05, 4.69) is 55.6 Å². The molecule has 0 radical (unpaired) electrons. The molecule has 0 aromatic carbocycles. The van der Waals surface area contributed by atoms with E-state index in [-0.39, 0.29) is 18.5 Å². The van der Waals surface area contributed by atoms with E-state index in [0.717, 1.165) is 51.4 Å². The Balaban J connectivity index is 3.36. The van der Waals surface area contributed by atoms with Gasteiger partial charge in [-0.1, -0.05) is 352 Å². The largest absolute Gasteiger partial charge is 0.466 e. The van der Waals surface area contributed by atoms with Crippen molar-refractivity contribution in [2.45, 2.75) is 424 Å². The van der Waals surface area contributed by atoms with Crippen molar-refractivity contribution >= 4 is 11.9 Å². The summed E-state index contributed by atoms with van der Waals surface area (Å²) in [5.74, 6) is -0.0204. The number of ether oxygens (including phenoxy) is 1. The number of aliphatic hydroxyl groups is 2. The number of hydrogen-bond acceptors (Lipinski definition) is 5. The lowest BCUT2D eigenvalue weighted by atomic mass is 10.0. The first-order valence-corrected chi connectivity index (χ1v) is 37.2. The molecule has 0 heterocycles. The minimum atomic E-state index is -0.662. The second-order valence-electron chi connectivity index (χ2n) is 25.6. The van der Waals surface area contributed by atoms with E-state index in [1.807, 2.05) is 0 Å². The van der Waals surface area contributed by atoms with Crippen LogP contribution in [0.3, 0.4) is 0 Å². The zero-order chi connectivity index (χ0) is 59.2. The van der Waals surface area contributed by atoms with E-state index in [4.69, 9.17) is 4.74 Å². The first kappa shape index (κ1) is 80.1. The molecule has 0 saturated heterocycles. The van der Waals surface area contributed by atoms with Crippen molar-refractivity contribution in [2.24, 2.45) is 0 Å². The highest BCUT2D eigenvalue weighted by atomic mass is 16.5. The maximum Gasteiger partial charge on any atom is 0.305 e. The Morgan fingerprint density at radius 1 is 0.341 bits per heavy atom. The number of nitrogens with one attached hydrogen (secondary N) is 1. The van der Waals surface area contributed by atoms with Gasteiger partial charge in [-0.05, 0) is 83.5 Å². The zero-order valence-corrected chi connectivity index (χ0v) is 55.5. The summed E-state index contributed by atoms with van der Waals surface area (Å²) in [4.78, 5) is 24.6. The number of carbonyl (C=O) groups excluding carboxylic acids is 2. The number of allylic oxidation sites excluding steroid dienone is 6. The lowest BCUT2D eigenvalue weighted by Gasteiger charge is -2.22. The predicted molar refractivity (Wildman–Crippen MR) is 361 cm³/mol. The number of rotatable bonds is 70. The van der Waals surface area contributed by atoms with E-state index >= 15 is 0 Å². The van der Waals surface area contributed by atoms with E-state index in [9.17, 15) is 19.8 Å². The van der Waals surface area contributed by atoms with Crippen LogP contribution in [0.15, 0.2) is 36.5 Å². The molecule has 0 aliphatic rings. The van der Waals surface area contributed by atoms with Gasteiger partial charge in [0.15, 0.2) is 0 Å². The number of hydrogen-bond donors (Lipinski definition) is 3. The molecule has 0 aromatic heterocycles. The van der Waals surface area contributed by atoms with E-state index in [1.54, 1.807) is 0 Å². The molecule has 0 aliphatic carbocycles. The molecule has 2 unspecified atom stereocenters. The van der Waals surface area contributed by atoms with Gasteiger partial charge in [0, 0.05) is 12.8 Å². The number of carbonyl (C=O) groups is 2. The Hall–Kier alpha value is -1.92. The van der Waals surface area contributed by atoms with Crippen molar-refractivity contribution in [1.29, 1.82) is 0 Å². The fraction of sp³-hybridized carbons (Fsp3) is 0.895. The number of unbranched alkanes of at least 4 members (excludes halogenated alkanes) is 53. The molecule has 1 amide bonds. The van der Waals surface area contributed by atoms with Crippen LogP contribution in [0.2, 0.25) is 0 Å². The molecule has 0 bridgehead atoms. The minimum absolute atomic E-state index is 0.00987. The van der Waals surface area contributed by atoms with Crippen LogP contribution in [0, 0.1) is 0 Å². The predicted octanol–water partition coefficient (Wildman–Crippen LogP) is 24.3. The van der Waals surface area contributed by atoms with Crippen LogP contribution in [0.25, 0.3) is 0 Å². The molecule has 6 nitrogen and oxygen atoms in total. The standard InChI is InChI=1S/C76H145NO5/c1-3-5-7-9-11-13-15-17-19-42-46-50-54-58-62-66-70-76(81)82-71-67-63-59-55-51-47-43-40-38-36-34-32-30-28-26-24-22-20-21-23-25-27-29-31-33-35-37-39-41-45-49-53-57-61-65-69-75(80)77-73(72-78)74(79)68-64-60-56-52-48-44-18-16-14-12-10-8-6-4-2/h19,22,24,28,30,42,73-74,78-79H,3-18,20-21,23,25-27,29,31-41,43-72H2,1-2H3,(H,77,80)/b24-22-,30-28-,42-19-. The highest BCUT2D eigenvalue weighted by Gasteiger charge is 2.20. The first-order valence-electron chi connectivity index (χ1n) is 37.2. The van der Waals surface area contributed by atoms with Gasteiger partial charge in [-0.2, -0.15) is 0 Å². The van der Waals surface area contributed by atoms with E-state index < -0.39 is 12.1 Å². The van der Waals surface area contributed by atoms with Crippen LogP contribution in [0.5, 0.6) is 0 Å². The molecule has 0 aliphatic heterocycles. The SMILES string of the molecule is CCCCCCCCC/C=C\CCCCCCCC(=O)OCCCCCCCCCCCCC/C=C\C/C=C\CCCCCCCCCCCCCCCCCCCC(=O)NC(CO)C(O)CCCCCCCCCCCCCCCC. The molecule has 3 N–H and O–H groups in total. The van der Waals surface area contributed by atoms with Gasteiger partial charge in [-0.3, -0.25) is 9.59 Å². The van der Waals surface area contributed by atoms with Crippen molar-refractivity contribution < 1.29 is 24.5 Å².